The molecule has 0 aliphatic rings. The highest BCUT2D eigenvalue weighted by atomic mass is 31.2. The number of nitrogens with two attached hydrogens (primary N) is 1. The molecule has 0 bridgehead atoms. The summed E-state index contributed by atoms with van der Waals surface area (Å²) >= 11 is 0. The topological polar surface area (TPSA) is 81.8 Å². The molecule has 0 heterocycles. The minimum Gasteiger partial charge on any atom is -0.328 e. The molecule has 0 aliphatic carbocycles. The van der Waals surface area contributed by atoms with Crippen molar-refractivity contribution in [3.05, 3.63) is 0 Å². The summed E-state index contributed by atoms with van der Waals surface area (Å²) in [5.41, 5.74) is 5.78. The van der Waals surface area contributed by atoms with Gasteiger partial charge in [0.05, 0.1) is 12.7 Å². The number of rotatable bonds is 30. The second kappa shape index (κ2) is 28.1. The van der Waals surface area contributed by atoms with Gasteiger partial charge >= 0.3 is 7.82 Å². The summed E-state index contributed by atoms with van der Waals surface area (Å²) in [5, 5.41) is 0. The summed E-state index contributed by atoms with van der Waals surface area (Å²) in [4.78, 5) is 10.0. The van der Waals surface area contributed by atoms with Crippen LogP contribution in [-0.4, -0.2) is 24.1 Å². The van der Waals surface area contributed by atoms with E-state index in [0.717, 1.165) is 32.1 Å². The minimum atomic E-state index is -4.01. The van der Waals surface area contributed by atoms with Gasteiger partial charge < -0.3 is 10.6 Å². The summed E-state index contributed by atoms with van der Waals surface area (Å²) in [6.45, 7) is 5.06. The lowest BCUT2D eigenvalue weighted by Crippen LogP contribution is -2.23. The molecular weight excluding hydrogens is 469 g/mol. The van der Waals surface area contributed by atoms with Gasteiger partial charge in [0.25, 0.3) is 0 Å². The van der Waals surface area contributed by atoms with Crippen LogP contribution in [0.15, 0.2) is 0 Å². The van der Waals surface area contributed by atoms with E-state index in [4.69, 9.17) is 14.8 Å². The van der Waals surface area contributed by atoms with Crippen molar-refractivity contribution in [1.29, 1.82) is 0 Å². The molecule has 0 saturated carbocycles. The highest BCUT2D eigenvalue weighted by Crippen LogP contribution is 2.45. The largest absolute Gasteiger partial charge is 0.472 e. The molecule has 2 atom stereocenters. The van der Waals surface area contributed by atoms with Crippen LogP contribution >= 0.6 is 7.82 Å². The first kappa shape index (κ1) is 36.1. The fraction of sp³-hybridized carbons (Fsp3) is 1.00. The predicted molar refractivity (Wildman–Crippen MR) is 156 cm³/mol. The Morgan fingerprint density at radius 1 is 0.583 bits per heavy atom. The quantitative estimate of drug-likeness (QED) is 0.0709. The lowest BCUT2D eigenvalue weighted by atomic mass is 10.0. The Hall–Kier alpha value is 0.0700. The van der Waals surface area contributed by atoms with Crippen LogP contribution in [0.4, 0.5) is 0 Å². The molecule has 218 valence electrons. The molecule has 0 fully saturated rings. The van der Waals surface area contributed by atoms with Crippen molar-refractivity contribution >= 4 is 7.82 Å². The number of hydrogen-bond acceptors (Lipinski definition) is 4. The number of phosphoric ester groups is 1. The van der Waals surface area contributed by atoms with Crippen molar-refractivity contribution in [2.24, 2.45) is 5.73 Å². The zero-order valence-electron chi connectivity index (χ0n) is 24.4. The van der Waals surface area contributed by atoms with Crippen LogP contribution in [0.2, 0.25) is 0 Å². The van der Waals surface area contributed by atoms with Gasteiger partial charge in [-0.3, -0.25) is 9.05 Å². The molecule has 0 aromatic carbocycles. The highest BCUT2D eigenvalue weighted by Gasteiger charge is 2.25. The molecule has 0 rings (SSSR count). The monoisotopic (exact) mass is 533 g/mol. The normalized spacial score (nSPS) is 14.2. The Morgan fingerprint density at radius 2 is 0.917 bits per heavy atom. The molecule has 0 amide bonds. The lowest BCUT2D eigenvalue weighted by Gasteiger charge is -2.19. The van der Waals surface area contributed by atoms with Crippen molar-refractivity contribution in [3.63, 3.8) is 0 Å². The first-order valence-electron chi connectivity index (χ1n) is 15.9. The van der Waals surface area contributed by atoms with Gasteiger partial charge in [-0.1, -0.05) is 162 Å². The van der Waals surface area contributed by atoms with Crippen LogP contribution in [-0.2, 0) is 13.6 Å². The van der Waals surface area contributed by atoms with Crippen LogP contribution in [0.3, 0.4) is 0 Å². The SMILES string of the molecule is CCCCCCCCCCCCCCOP(=O)(O)OC(CN)CCCCCCCCCCCCCC. The maximum atomic E-state index is 12.3. The van der Waals surface area contributed by atoms with Gasteiger partial charge in [0.15, 0.2) is 0 Å². The summed E-state index contributed by atoms with van der Waals surface area (Å²) in [7, 11) is -4.01. The first-order chi connectivity index (χ1) is 17.6. The molecule has 0 radical (unpaired) electrons. The van der Waals surface area contributed by atoms with E-state index in [9.17, 15) is 9.46 Å². The standard InChI is InChI=1S/C30H64NO4P/c1-3-5-7-9-11-13-15-17-19-21-23-25-27-30(29-31)35-36(32,33)34-28-26-24-22-20-18-16-14-12-10-8-6-4-2/h30H,3-29,31H2,1-2H3,(H,32,33). The second-order valence-electron chi connectivity index (χ2n) is 10.8. The summed E-state index contributed by atoms with van der Waals surface area (Å²) in [6.07, 6.45) is 31.0. The summed E-state index contributed by atoms with van der Waals surface area (Å²) < 4.78 is 22.8. The van der Waals surface area contributed by atoms with Gasteiger partial charge in [0.1, 0.15) is 0 Å². The smallest absolute Gasteiger partial charge is 0.328 e. The number of unbranched alkanes of at least 4 members (excludes halogenated alkanes) is 22. The molecule has 2 unspecified atom stereocenters. The lowest BCUT2D eigenvalue weighted by molar-refractivity contribution is 0.100. The van der Waals surface area contributed by atoms with E-state index in [1.54, 1.807) is 0 Å². The Morgan fingerprint density at radius 3 is 1.28 bits per heavy atom. The maximum Gasteiger partial charge on any atom is 0.472 e. The van der Waals surface area contributed by atoms with Gasteiger partial charge in [-0.05, 0) is 12.8 Å². The first-order valence-corrected chi connectivity index (χ1v) is 17.4. The molecule has 3 N–H and O–H groups in total. The number of hydrogen-bond donors (Lipinski definition) is 2. The fourth-order valence-electron chi connectivity index (χ4n) is 4.77. The van der Waals surface area contributed by atoms with E-state index in [0.29, 0.717) is 0 Å². The molecule has 0 saturated heterocycles. The van der Waals surface area contributed by atoms with Crippen molar-refractivity contribution < 1.29 is 18.5 Å². The third kappa shape index (κ3) is 27.1. The Labute approximate surface area is 225 Å². The average Bonchev–Trinajstić information content (AvgIpc) is 2.86. The van der Waals surface area contributed by atoms with Gasteiger partial charge in [-0.25, -0.2) is 4.57 Å². The van der Waals surface area contributed by atoms with E-state index in [1.165, 1.54) is 128 Å². The van der Waals surface area contributed by atoms with E-state index in [1.807, 2.05) is 0 Å². The zero-order valence-corrected chi connectivity index (χ0v) is 25.3. The Bertz CT molecular complexity index is 478. The Kier molecular flexibility index (Phi) is 28.1. The van der Waals surface area contributed by atoms with E-state index in [2.05, 4.69) is 13.8 Å². The summed E-state index contributed by atoms with van der Waals surface area (Å²) in [6, 6.07) is 0. The molecule has 6 heteroatoms. The van der Waals surface area contributed by atoms with Crippen LogP contribution in [0.5, 0.6) is 0 Å². The third-order valence-corrected chi connectivity index (χ3v) is 8.25. The van der Waals surface area contributed by atoms with Gasteiger partial charge in [-0.2, -0.15) is 0 Å². The molecule has 36 heavy (non-hydrogen) atoms. The van der Waals surface area contributed by atoms with Gasteiger partial charge in [-0.15, -0.1) is 0 Å². The molecule has 0 aliphatic heterocycles. The predicted octanol–water partition coefficient (Wildman–Crippen LogP) is 10.2. The van der Waals surface area contributed by atoms with E-state index in [-0.39, 0.29) is 13.2 Å². The minimum absolute atomic E-state index is 0.255. The molecule has 0 aromatic rings. The van der Waals surface area contributed by atoms with Crippen LogP contribution in [0.1, 0.15) is 174 Å². The van der Waals surface area contributed by atoms with Crippen molar-refractivity contribution in [3.8, 4) is 0 Å². The second-order valence-corrected chi connectivity index (χ2v) is 12.2. The molecule has 5 nitrogen and oxygen atoms in total. The van der Waals surface area contributed by atoms with Crippen molar-refractivity contribution in [1.82, 2.24) is 0 Å². The molecular formula is C30H64NO4P. The van der Waals surface area contributed by atoms with Crippen molar-refractivity contribution in [2.45, 2.75) is 180 Å². The van der Waals surface area contributed by atoms with Crippen LogP contribution in [0, 0.1) is 0 Å². The summed E-state index contributed by atoms with van der Waals surface area (Å²) in [5.74, 6) is 0. The molecule has 0 aromatic heterocycles. The van der Waals surface area contributed by atoms with Crippen LogP contribution < -0.4 is 5.73 Å². The maximum absolute atomic E-state index is 12.3. The van der Waals surface area contributed by atoms with Gasteiger partial charge in [0, 0.05) is 6.54 Å². The fourth-order valence-corrected chi connectivity index (χ4v) is 5.76. The zero-order chi connectivity index (χ0) is 26.6. The van der Waals surface area contributed by atoms with Crippen LogP contribution in [0.25, 0.3) is 0 Å². The van der Waals surface area contributed by atoms with E-state index < -0.39 is 13.9 Å². The van der Waals surface area contributed by atoms with E-state index >= 15 is 0 Å². The Balaban J connectivity index is 3.57. The average molecular weight is 534 g/mol. The molecule has 0 spiro atoms. The third-order valence-electron chi connectivity index (χ3n) is 7.18. The van der Waals surface area contributed by atoms with Gasteiger partial charge in [0.2, 0.25) is 0 Å². The van der Waals surface area contributed by atoms with Crippen molar-refractivity contribution in [2.75, 3.05) is 13.2 Å². The highest BCUT2D eigenvalue weighted by molar-refractivity contribution is 7.47. The number of phosphoric acid groups is 1.